The molecule has 17 heavy (non-hydrogen) atoms. The van der Waals surface area contributed by atoms with E-state index in [9.17, 15) is 13.2 Å². The van der Waals surface area contributed by atoms with Crippen LogP contribution in [0.4, 0.5) is 13.2 Å². The van der Waals surface area contributed by atoms with Crippen LogP contribution in [0, 0.1) is 0 Å². The second-order valence-electron chi connectivity index (χ2n) is 3.18. The molecule has 0 atom stereocenters. The van der Waals surface area contributed by atoms with Crippen molar-refractivity contribution in [2.75, 3.05) is 0 Å². The van der Waals surface area contributed by atoms with E-state index in [1.54, 1.807) is 0 Å². The summed E-state index contributed by atoms with van der Waals surface area (Å²) in [4.78, 5) is 0. The number of alkyl halides is 3. The fraction of sp³-hybridized carbons (Fsp3) is 0.556. The maximum atomic E-state index is 10.7. The van der Waals surface area contributed by atoms with Gasteiger partial charge < -0.3 is 0 Å². The number of hydrogen-bond acceptors (Lipinski definition) is 2. The summed E-state index contributed by atoms with van der Waals surface area (Å²) in [5.41, 5.74) is -5.53. The molecule has 0 heterocycles. The minimum absolute atomic E-state index is 1.25. The molecule has 0 saturated heterocycles. The van der Waals surface area contributed by atoms with E-state index in [2.05, 4.69) is 36.5 Å². The first kappa shape index (κ1) is 16.8. The predicted octanol–water partition coefficient (Wildman–Crippen LogP) is 2.94. The Hall–Kier alpha value is -0.197. The summed E-state index contributed by atoms with van der Waals surface area (Å²) < 4.78 is 59.0. The Morgan fingerprint density at radius 3 is 2.29 bits per heavy atom. The zero-order chi connectivity index (χ0) is 13.5. The summed E-state index contributed by atoms with van der Waals surface area (Å²) in [6.45, 7) is 0. The fourth-order valence-electron chi connectivity index (χ4n) is 0.896. The van der Waals surface area contributed by atoms with Crippen molar-refractivity contribution in [2.24, 2.45) is 0 Å². The molecule has 1 rings (SSSR count). The molecule has 0 aliphatic heterocycles. The van der Waals surface area contributed by atoms with E-state index in [1.165, 1.54) is 29.9 Å². The summed E-state index contributed by atoms with van der Waals surface area (Å²) in [6, 6.07) is 0. The van der Waals surface area contributed by atoms with Crippen molar-refractivity contribution in [3.8, 4) is 0 Å². The normalized spacial score (nSPS) is 17.4. The monoisotopic (exact) mass is 360 g/mol. The first-order chi connectivity index (χ1) is 7.64. The van der Waals surface area contributed by atoms with Crippen LogP contribution in [-0.2, 0) is 28.4 Å². The first-order valence-electron chi connectivity index (χ1n) is 4.67. The Kier molecular flexibility index (Phi) is 7.20. The second kappa shape index (κ2) is 7.28. The van der Waals surface area contributed by atoms with Gasteiger partial charge in [-0.2, -0.15) is 21.6 Å². The van der Waals surface area contributed by atoms with Crippen LogP contribution in [0.5, 0.6) is 0 Å². The van der Waals surface area contributed by atoms with Crippen molar-refractivity contribution in [1.82, 2.24) is 0 Å². The molecule has 0 saturated carbocycles. The van der Waals surface area contributed by atoms with Crippen molar-refractivity contribution >= 4 is 10.1 Å². The van der Waals surface area contributed by atoms with Gasteiger partial charge in [-0.05, 0) is 0 Å². The Morgan fingerprint density at radius 1 is 1.29 bits per heavy atom. The standard InChI is InChI=1S/C8H11.CHF3O3S.Rh/c1-2-4-6-8-7-5-3-1;2-1(3,4)8(5,6)7;/h1-3H,4,6-8H2;(H,5,6,7);. The molecule has 1 aliphatic carbocycles. The molecule has 0 radical (unpaired) electrons. The van der Waals surface area contributed by atoms with E-state index in [0.717, 1.165) is 0 Å². The molecule has 0 aromatic heterocycles. The molecule has 0 spiro atoms. The van der Waals surface area contributed by atoms with Crippen molar-refractivity contribution in [3.63, 3.8) is 0 Å². The molecule has 0 amide bonds. The SMILES string of the molecule is O=S(=O)(O)C(F)(F)F.[Rh][C]1=CC=CCCCC1. The molecule has 0 aromatic rings. The van der Waals surface area contributed by atoms with Gasteiger partial charge in [-0.25, -0.2) is 0 Å². The minimum atomic E-state index is -5.84. The first-order valence-corrected chi connectivity index (χ1v) is 6.93. The topological polar surface area (TPSA) is 54.4 Å². The van der Waals surface area contributed by atoms with Crippen LogP contribution >= 0.6 is 0 Å². The van der Waals surface area contributed by atoms with E-state index in [-0.39, 0.29) is 0 Å². The van der Waals surface area contributed by atoms with Gasteiger partial charge in [0, 0.05) is 0 Å². The van der Waals surface area contributed by atoms with Crippen LogP contribution in [-0.4, -0.2) is 18.5 Å². The van der Waals surface area contributed by atoms with Gasteiger partial charge in [-0.15, -0.1) is 0 Å². The molecule has 1 aliphatic rings. The second-order valence-corrected chi connectivity index (χ2v) is 5.65. The third kappa shape index (κ3) is 8.52. The van der Waals surface area contributed by atoms with E-state index in [0.29, 0.717) is 0 Å². The van der Waals surface area contributed by atoms with E-state index < -0.39 is 15.6 Å². The fourth-order valence-corrected chi connectivity index (χ4v) is 1.34. The average molecular weight is 360 g/mol. The molecule has 8 heteroatoms. The van der Waals surface area contributed by atoms with Gasteiger partial charge in [0.2, 0.25) is 0 Å². The number of hydrogen-bond donors (Lipinski definition) is 1. The average Bonchev–Trinajstić information content (AvgIpc) is 2.09. The molecule has 0 unspecified atom stereocenters. The van der Waals surface area contributed by atoms with Gasteiger partial charge >= 0.3 is 82.0 Å². The Bertz CT molecular complexity index is 385. The molecular weight excluding hydrogens is 348 g/mol. The summed E-state index contributed by atoms with van der Waals surface area (Å²) in [7, 11) is -5.84. The van der Waals surface area contributed by atoms with Gasteiger partial charge in [0.15, 0.2) is 0 Å². The summed E-state index contributed by atoms with van der Waals surface area (Å²) in [5, 5.41) is 0. The molecule has 3 nitrogen and oxygen atoms in total. The zero-order valence-corrected chi connectivity index (χ0v) is 11.2. The van der Waals surface area contributed by atoms with Crippen molar-refractivity contribution in [3.05, 3.63) is 22.4 Å². The molecule has 0 bridgehead atoms. The molecule has 0 aromatic carbocycles. The van der Waals surface area contributed by atoms with Gasteiger partial charge in [0.05, 0.1) is 0 Å². The van der Waals surface area contributed by atoms with E-state index in [4.69, 9.17) is 13.0 Å². The number of allylic oxidation sites excluding steroid dienone is 4. The third-order valence-corrected chi connectivity index (χ3v) is 2.99. The maximum absolute atomic E-state index is 10.7. The van der Waals surface area contributed by atoms with Crippen LogP contribution in [0.15, 0.2) is 22.4 Å². The zero-order valence-electron chi connectivity index (χ0n) is 8.70. The Balaban J connectivity index is 0.000000304. The van der Waals surface area contributed by atoms with E-state index in [1.807, 2.05) is 0 Å². The number of rotatable bonds is 0. The molecule has 1 N–H and O–H groups in total. The summed E-state index contributed by atoms with van der Waals surface area (Å²) in [5.74, 6) is 0. The third-order valence-electron chi connectivity index (χ3n) is 1.72. The van der Waals surface area contributed by atoms with Crippen LogP contribution in [0.1, 0.15) is 25.7 Å². The van der Waals surface area contributed by atoms with Gasteiger partial charge in [0.25, 0.3) is 0 Å². The molecule has 102 valence electrons. The molecule has 0 fully saturated rings. The van der Waals surface area contributed by atoms with Gasteiger partial charge in [-0.3, -0.25) is 4.55 Å². The van der Waals surface area contributed by atoms with Crippen LogP contribution in [0.25, 0.3) is 0 Å². The van der Waals surface area contributed by atoms with Crippen molar-refractivity contribution in [2.45, 2.75) is 31.2 Å². The predicted molar refractivity (Wildman–Crippen MR) is 53.3 cm³/mol. The summed E-state index contributed by atoms with van der Waals surface area (Å²) in [6.07, 6.45) is 11.7. The van der Waals surface area contributed by atoms with Crippen LogP contribution in [0.2, 0.25) is 0 Å². The number of halogens is 3. The van der Waals surface area contributed by atoms with E-state index >= 15 is 0 Å². The van der Waals surface area contributed by atoms with Crippen LogP contribution in [0.3, 0.4) is 0 Å². The Labute approximate surface area is 108 Å². The van der Waals surface area contributed by atoms with Crippen LogP contribution < -0.4 is 0 Å². The van der Waals surface area contributed by atoms with Gasteiger partial charge in [0.1, 0.15) is 0 Å². The Morgan fingerprint density at radius 2 is 1.82 bits per heavy atom. The summed E-state index contributed by atoms with van der Waals surface area (Å²) >= 11 is 2.95. The quantitative estimate of drug-likeness (QED) is 0.411. The van der Waals surface area contributed by atoms with Crippen molar-refractivity contribution < 1.29 is 44.4 Å². The van der Waals surface area contributed by atoms with Gasteiger partial charge in [-0.1, -0.05) is 0 Å². The molecular formula is C9H12F3O3RhS. The van der Waals surface area contributed by atoms with Crippen molar-refractivity contribution in [1.29, 1.82) is 0 Å².